The number of carbonyl (C=O) groups is 5. The molecule has 2 amide bonds. The standard InChI is InChI=1S/C27H24N2O10/c1-36-19-12-6-10-17(14-19)26(34)38-21(24(31)29-28-23(30)16-8-4-3-5-9-16)22(25(32)33)39-27(35)18-11-7-13-20(15-18)37-2/h3-15,21-22H,1-2H3,(H,28,30)(H,29,31)(H,32,33)/t21-,22+/m0/s1. The maximum Gasteiger partial charge on any atom is 0.349 e. The fourth-order valence-corrected chi connectivity index (χ4v) is 3.21. The summed E-state index contributed by atoms with van der Waals surface area (Å²) in [6, 6.07) is 19.1. The van der Waals surface area contributed by atoms with Gasteiger partial charge in [0.25, 0.3) is 11.8 Å². The van der Waals surface area contributed by atoms with Crippen LogP contribution in [0.25, 0.3) is 0 Å². The van der Waals surface area contributed by atoms with Crippen LogP contribution in [0, 0.1) is 0 Å². The van der Waals surface area contributed by atoms with E-state index in [4.69, 9.17) is 18.9 Å². The Kier molecular flexibility index (Phi) is 9.57. The fourth-order valence-electron chi connectivity index (χ4n) is 3.21. The van der Waals surface area contributed by atoms with Crippen molar-refractivity contribution in [1.29, 1.82) is 0 Å². The number of ether oxygens (including phenoxy) is 4. The molecule has 202 valence electrons. The van der Waals surface area contributed by atoms with Crippen LogP contribution in [-0.4, -0.2) is 61.3 Å². The predicted octanol–water partition coefficient (Wildman–Crippen LogP) is 2.00. The van der Waals surface area contributed by atoms with Crippen LogP contribution >= 0.6 is 0 Å². The smallest absolute Gasteiger partial charge is 0.349 e. The van der Waals surface area contributed by atoms with E-state index in [1.807, 2.05) is 5.43 Å². The Labute approximate surface area is 222 Å². The predicted molar refractivity (Wildman–Crippen MR) is 134 cm³/mol. The van der Waals surface area contributed by atoms with Crippen molar-refractivity contribution in [3.63, 3.8) is 0 Å². The summed E-state index contributed by atoms with van der Waals surface area (Å²) in [6.07, 6.45) is -4.52. The lowest BCUT2D eigenvalue weighted by Crippen LogP contribution is -2.54. The number of hydrogen-bond acceptors (Lipinski definition) is 9. The van der Waals surface area contributed by atoms with Gasteiger partial charge in [0.2, 0.25) is 12.2 Å². The zero-order valence-corrected chi connectivity index (χ0v) is 20.8. The van der Waals surface area contributed by atoms with Gasteiger partial charge >= 0.3 is 17.9 Å². The lowest BCUT2D eigenvalue weighted by atomic mass is 10.1. The van der Waals surface area contributed by atoms with Crippen molar-refractivity contribution in [2.24, 2.45) is 0 Å². The molecule has 2 atom stereocenters. The highest BCUT2D eigenvalue weighted by Gasteiger charge is 2.41. The van der Waals surface area contributed by atoms with Gasteiger partial charge in [-0.05, 0) is 48.5 Å². The van der Waals surface area contributed by atoms with Gasteiger partial charge in [-0.15, -0.1) is 0 Å². The van der Waals surface area contributed by atoms with Crippen molar-refractivity contribution in [3.05, 3.63) is 95.6 Å². The Morgan fingerprint density at radius 2 is 1.13 bits per heavy atom. The number of hydrogen-bond donors (Lipinski definition) is 3. The van der Waals surface area contributed by atoms with Crippen LogP contribution in [0.15, 0.2) is 78.9 Å². The number of carboxylic acids is 1. The van der Waals surface area contributed by atoms with Gasteiger partial charge in [-0.3, -0.25) is 20.4 Å². The average Bonchev–Trinajstić information content (AvgIpc) is 2.97. The molecule has 0 aromatic heterocycles. The van der Waals surface area contributed by atoms with Crippen LogP contribution in [0.2, 0.25) is 0 Å². The molecule has 3 aromatic carbocycles. The molecule has 0 saturated carbocycles. The van der Waals surface area contributed by atoms with E-state index in [9.17, 15) is 29.1 Å². The first kappa shape index (κ1) is 28.2. The number of esters is 2. The van der Waals surface area contributed by atoms with E-state index >= 15 is 0 Å². The second-order valence-corrected chi connectivity index (χ2v) is 7.76. The highest BCUT2D eigenvalue weighted by molar-refractivity contribution is 5.99. The second kappa shape index (κ2) is 13.2. The molecule has 0 aliphatic rings. The third-order valence-corrected chi connectivity index (χ3v) is 5.19. The van der Waals surface area contributed by atoms with E-state index in [-0.39, 0.29) is 16.7 Å². The van der Waals surface area contributed by atoms with Gasteiger partial charge < -0.3 is 24.1 Å². The summed E-state index contributed by atoms with van der Waals surface area (Å²) < 4.78 is 20.4. The number of amides is 2. The Bertz CT molecular complexity index is 1360. The molecule has 3 N–H and O–H groups in total. The average molecular weight is 536 g/mol. The van der Waals surface area contributed by atoms with Gasteiger partial charge in [0.15, 0.2) is 0 Å². The molecule has 12 heteroatoms. The van der Waals surface area contributed by atoms with E-state index in [1.165, 1.54) is 62.8 Å². The highest BCUT2D eigenvalue weighted by Crippen LogP contribution is 2.18. The van der Waals surface area contributed by atoms with Crippen LogP contribution in [0.1, 0.15) is 31.1 Å². The normalized spacial score (nSPS) is 11.7. The van der Waals surface area contributed by atoms with E-state index in [0.29, 0.717) is 11.5 Å². The molecule has 0 unspecified atom stereocenters. The van der Waals surface area contributed by atoms with Crippen LogP contribution < -0.4 is 20.3 Å². The number of hydrazine groups is 1. The summed E-state index contributed by atoms with van der Waals surface area (Å²) in [4.78, 5) is 63.1. The summed E-state index contributed by atoms with van der Waals surface area (Å²) in [6.45, 7) is 0. The molecule has 0 bridgehead atoms. The molecule has 0 spiro atoms. The Morgan fingerprint density at radius 3 is 1.62 bits per heavy atom. The van der Waals surface area contributed by atoms with E-state index in [0.717, 1.165) is 0 Å². The maximum atomic E-state index is 13.0. The van der Waals surface area contributed by atoms with E-state index < -0.39 is 41.9 Å². The number of benzene rings is 3. The molecule has 0 heterocycles. The largest absolute Gasteiger partial charge is 0.497 e. The molecule has 0 fully saturated rings. The van der Waals surface area contributed by atoms with Crippen LogP contribution in [0.5, 0.6) is 11.5 Å². The lowest BCUT2D eigenvalue weighted by molar-refractivity contribution is -0.159. The van der Waals surface area contributed by atoms with Crippen LogP contribution in [0.3, 0.4) is 0 Å². The van der Waals surface area contributed by atoms with Gasteiger partial charge in [-0.2, -0.15) is 0 Å². The molecule has 39 heavy (non-hydrogen) atoms. The van der Waals surface area contributed by atoms with Crippen molar-refractivity contribution >= 4 is 29.7 Å². The third-order valence-electron chi connectivity index (χ3n) is 5.19. The second-order valence-electron chi connectivity index (χ2n) is 7.76. The van der Waals surface area contributed by atoms with Gasteiger partial charge in [0.05, 0.1) is 25.3 Å². The Balaban J connectivity index is 1.87. The molecular formula is C27H24N2O10. The van der Waals surface area contributed by atoms with Gasteiger partial charge in [-0.25, -0.2) is 14.4 Å². The first-order chi connectivity index (χ1) is 18.7. The number of rotatable bonds is 10. The van der Waals surface area contributed by atoms with Crippen molar-refractivity contribution in [2.45, 2.75) is 12.2 Å². The van der Waals surface area contributed by atoms with Gasteiger partial charge in [0.1, 0.15) is 11.5 Å². The number of carbonyl (C=O) groups excluding carboxylic acids is 4. The number of aliphatic carboxylic acids is 1. The topological polar surface area (TPSA) is 167 Å². The third kappa shape index (κ3) is 7.55. The zero-order valence-electron chi connectivity index (χ0n) is 20.8. The summed E-state index contributed by atoms with van der Waals surface area (Å²) in [5.41, 5.74) is 4.13. The molecular weight excluding hydrogens is 512 g/mol. The first-order valence-corrected chi connectivity index (χ1v) is 11.3. The summed E-state index contributed by atoms with van der Waals surface area (Å²) in [7, 11) is 2.74. The summed E-state index contributed by atoms with van der Waals surface area (Å²) in [5, 5.41) is 9.83. The van der Waals surface area contributed by atoms with Gasteiger partial charge in [-0.1, -0.05) is 30.3 Å². The van der Waals surface area contributed by atoms with E-state index in [1.54, 1.807) is 30.3 Å². The molecule has 3 rings (SSSR count). The number of methoxy groups -OCH3 is 2. The Hall–Kier alpha value is -5.39. The van der Waals surface area contributed by atoms with E-state index in [2.05, 4.69) is 5.43 Å². The maximum absolute atomic E-state index is 13.0. The molecule has 0 saturated heterocycles. The van der Waals surface area contributed by atoms with Crippen molar-refractivity contribution in [1.82, 2.24) is 10.9 Å². The molecule has 0 radical (unpaired) electrons. The highest BCUT2D eigenvalue weighted by atomic mass is 16.6. The minimum atomic E-state index is -2.30. The number of carboxylic acid groups (broad SMARTS) is 1. The van der Waals surface area contributed by atoms with Gasteiger partial charge in [0, 0.05) is 5.56 Å². The molecule has 3 aromatic rings. The molecule has 0 aliphatic heterocycles. The summed E-state index contributed by atoms with van der Waals surface area (Å²) >= 11 is 0. The number of nitrogens with one attached hydrogen (secondary N) is 2. The summed E-state index contributed by atoms with van der Waals surface area (Å²) in [5.74, 6) is -5.47. The zero-order chi connectivity index (χ0) is 28.4. The quantitative estimate of drug-likeness (QED) is 0.258. The minimum absolute atomic E-state index is 0.0799. The first-order valence-electron chi connectivity index (χ1n) is 11.3. The minimum Gasteiger partial charge on any atom is -0.497 e. The van der Waals surface area contributed by atoms with Crippen molar-refractivity contribution < 1.29 is 48.0 Å². The monoisotopic (exact) mass is 536 g/mol. The molecule has 12 nitrogen and oxygen atoms in total. The van der Waals surface area contributed by atoms with Crippen LogP contribution in [-0.2, 0) is 19.1 Å². The van der Waals surface area contributed by atoms with Crippen molar-refractivity contribution in [3.8, 4) is 11.5 Å². The Morgan fingerprint density at radius 1 is 0.641 bits per heavy atom. The fraction of sp³-hybridized carbons (Fsp3) is 0.148. The van der Waals surface area contributed by atoms with Crippen molar-refractivity contribution in [2.75, 3.05) is 14.2 Å². The van der Waals surface area contributed by atoms with Crippen LogP contribution in [0.4, 0.5) is 0 Å². The molecule has 0 aliphatic carbocycles. The lowest BCUT2D eigenvalue weighted by Gasteiger charge is -2.23. The SMILES string of the molecule is COc1cccc(C(=O)O[C@H](C(=O)NNC(=O)c2ccccc2)[C@@H](OC(=O)c2cccc(OC)c2)C(=O)O)c1.